The number of ether oxygens (including phenoxy) is 2. The lowest BCUT2D eigenvalue weighted by Crippen LogP contribution is -2.56. The Bertz CT molecular complexity index is 863. The summed E-state index contributed by atoms with van der Waals surface area (Å²) in [6.07, 6.45) is -0.880. The molecule has 196 valence electrons. The highest BCUT2D eigenvalue weighted by Crippen LogP contribution is 2.25. The second-order valence-electron chi connectivity index (χ2n) is 9.38. The molecule has 0 bridgehead atoms. The summed E-state index contributed by atoms with van der Waals surface area (Å²) in [5.41, 5.74) is 0.714. The smallest absolute Gasteiger partial charge is 0.408 e. The maximum Gasteiger partial charge on any atom is 0.408 e. The van der Waals surface area contributed by atoms with Gasteiger partial charge in [0.25, 0.3) is 0 Å². The Morgan fingerprint density at radius 3 is 2.17 bits per heavy atom. The topological polar surface area (TPSA) is 134 Å². The lowest BCUT2D eigenvalue weighted by molar-refractivity contribution is -0.146. The monoisotopic (exact) mass is 493 g/mol. The number of rotatable bonds is 11. The predicted octanol–water partition coefficient (Wildman–Crippen LogP) is 2.23. The molecule has 3 amide bonds. The van der Waals surface area contributed by atoms with Gasteiger partial charge in [-0.25, -0.2) is 4.79 Å². The maximum atomic E-state index is 13.5. The van der Waals surface area contributed by atoms with Crippen LogP contribution >= 0.6 is 0 Å². The Balaban J connectivity index is 3.24. The van der Waals surface area contributed by atoms with Gasteiger partial charge in [0.2, 0.25) is 11.8 Å². The minimum Gasteiger partial charge on any atom is -0.466 e. The molecule has 0 aliphatic rings. The van der Waals surface area contributed by atoms with Gasteiger partial charge >= 0.3 is 12.1 Å². The highest BCUT2D eigenvalue weighted by molar-refractivity contribution is 5.92. The summed E-state index contributed by atoms with van der Waals surface area (Å²) in [7, 11) is 0. The van der Waals surface area contributed by atoms with Gasteiger partial charge in [0.05, 0.1) is 19.6 Å². The molecule has 0 radical (unpaired) electrons. The second kappa shape index (κ2) is 13.7. The number of hydrogen-bond donors (Lipinski definition) is 3. The van der Waals surface area contributed by atoms with E-state index in [1.807, 2.05) is 19.1 Å². The van der Waals surface area contributed by atoms with Crippen molar-refractivity contribution < 1.29 is 33.8 Å². The molecule has 2 atom stereocenters. The first-order valence-corrected chi connectivity index (χ1v) is 11.7. The Kier molecular flexibility index (Phi) is 11.7. The SMILES string of the molecule is CCOC(=O)CCNC(=O)C(c1ccc(C)cc1)N(C(=O)C(CO)NC(=O)OC(C)(C)C)C(C)C. The van der Waals surface area contributed by atoms with Crippen molar-refractivity contribution in [3.05, 3.63) is 35.4 Å². The summed E-state index contributed by atoms with van der Waals surface area (Å²) >= 11 is 0. The molecular formula is C25H39N3O7. The normalized spacial score (nSPS) is 12.9. The molecule has 2 unspecified atom stereocenters. The molecule has 1 aromatic carbocycles. The average molecular weight is 494 g/mol. The van der Waals surface area contributed by atoms with E-state index in [2.05, 4.69) is 10.6 Å². The van der Waals surface area contributed by atoms with Crippen LogP contribution in [0.1, 0.15) is 65.1 Å². The fourth-order valence-corrected chi connectivity index (χ4v) is 3.30. The summed E-state index contributed by atoms with van der Waals surface area (Å²) in [6, 6.07) is 4.25. The standard InChI is InChI=1S/C25H39N3O7/c1-8-34-20(30)13-14-26-22(31)21(18-11-9-17(4)10-12-18)28(16(2)3)23(32)19(15-29)27-24(33)35-25(5,6)7/h9-12,16,19,21,29H,8,13-15H2,1-7H3,(H,26,31)(H,27,33). The summed E-state index contributed by atoms with van der Waals surface area (Å²) in [5.74, 6) is -1.60. The van der Waals surface area contributed by atoms with Gasteiger partial charge < -0.3 is 30.1 Å². The number of aliphatic hydroxyl groups is 1. The van der Waals surface area contributed by atoms with Gasteiger partial charge in [0.15, 0.2) is 0 Å². The average Bonchev–Trinajstić information content (AvgIpc) is 2.74. The number of aryl methyl sites for hydroxylation is 1. The summed E-state index contributed by atoms with van der Waals surface area (Å²) in [6.45, 7) is 11.7. The molecule has 0 saturated heterocycles. The molecule has 0 heterocycles. The summed E-state index contributed by atoms with van der Waals surface area (Å²) in [4.78, 5) is 52.0. The van der Waals surface area contributed by atoms with Gasteiger partial charge in [-0.05, 0) is 54.0 Å². The highest BCUT2D eigenvalue weighted by atomic mass is 16.6. The van der Waals surface area contributed by atoms with Gasteiger partial charge in [0, 0.05) is 12.6 Å². The van der Waals surface area contributed by atoms with Crippen LogP contribution < -0.4 is 10.6 Å². The zero-order valence-corrected chi connectivity index (χ0v) is 21.7. The number of alkyl carbamates (subject to hydrolysis) is 1. The minimum absolute atomic E-state index is 0.0186. The van der Waals surface area contributed by atoms with Crippen LogP contribution in [0.15, 0.2) is 24.3 Å². The first-order chi connectivity index (χ1) is 16.3. The molecule has 0 aliphatic heterocycles. The molecule has 35 heavy (non-hydrogen) atoms. The van der Waals surface area contributed by atoms with E-state index < -0.39 is 54.2 Å². The van der Waals surface area contributed by atoms with E-state index in [-0.39, 0.29) is 19.6 Å². The number of aliphatic hydroxyl groups excluding tert-OH is 1. The van der Waals surface area contributed by atoms with Crippen LogP contribution in [0.5, 0.6) is 0 Å². The van der Waals surface area contributed by atoms with Crippen molar-refractivity contribution >= 4 is 23.9 Å². The zero-order chi connectivity index (χ0) is 26.8. The third-order valence-electron chi connectivity index (χ3n) is 4.84. The van der Waals surface area contributed by atoms with Crippen molar-refractivity contribution in [2.75, 3.05) is 19.8 Å². The number of nitrogens with one attached hydrogen (secondary N) is 2. The number of hydrogen-bond acceptors (Lipinski definition) is 7. The Morgan fingerprint density at radius 1 is 1.09 bits per heavy atom. The Morgan fingerprint density at radius 2 is 1.69 bits per heavy atom. The van der Waals surface area contributed by atoms with Crippen molar-refractivity contribution in [1.29, 1.82) is 0 Å². The second-order valence-corrected chi connectivity index (χ2v) is 9.38. The number of carbonyl (C=O) groups is 4. The molecule has 0 saturated carbocycles. The van der Waals surface area contributed by atoms with Crippen LogP contribution in [0.2, 0.25) is 0 Å². The number of carbonyl (C=O) groups excluding carboxylic acids is 4. The van der Waals surface area contributed by atoms with Crippen LogP contribution in [-0.2, 0) is 23.9 Å². The largest absolute Gasteiger partial charge is 0.466 e. The van der Waals surface area contributed by atoms with E-state index in [4.69, 9.17) is 9.47 Å². The Hall–Kier alpha value is -3.14. The molecule has 1 rings (SSSR count). The van der Waals surface area contributed by atoms with E-state index in [0.717, 1.165) is 5.56 Å². The molecule has 0 aromatic heterocycles. The number of esters is 1. The van der Waals surface area contributed by atoms with E-state index in [1.165, 1.54) is 4.90 Å². The molecular weight excluding hydrogens is 454 g/mol. The van der Waals surface area contributed by atoms with Crippen LogP contribution in [0.25, 0.3) is 0 Å². The summed E-state index contributed by atoms with van der Waals surface area (Å²) in [5, 5.41) is 15.0. The van der Waals surface area contributed by atoms with Gasteiger partial charge in [-0.2, -0.15) is 0 Å². The number of benzene rings is 1. The quantitative estimate of drug-likeness (QED) is 0.402. The third kappa shape index (κ3) is 9.94. The fourth-order valence-electron chi connectivity index (χ4n) is 3.30. The van der Waals surface area contributed by atoms with Crippen molar-refractivity contribution in [1.82, 2.24) is 15.5 Å². The van der Waals surface area contributed by atoms with E-state index in [1.54, 1.807) is 53.7 Å². The lowest BCUT2D eigenvalue weighted by Gasteiger charge is -2.36. The molecule has 1 aromatic rings. The van der Waals surface area contributed by atoms with Crippen molar-refractivity contribution in [3.8, 4) is 0 Å². The lowest BCUT2D eigenvalue weighted by atomic mass is 10.00. The number of nitrogens with zero attached hydrogens (tertiary/aromatic N) is 1. The van der Waals surface area contributed by atoms with Crippen LogP contribution in [0.3, 0.4) is 0 Å². The molecule has 3 N–H and O–H groups in total. The number of amides is 3. The maximum absolute atomic E-state index is 13.5. The minimum atomic E-state index is -1.33. The van der Waals surface area contributed by atoms with Gasteiger partial charge in [-0.3, -0.25) is 14.4 Å². The van der Waals surface area contributed by atoms with Gasteiger partial charge in [-0.1, -0.05) is 29.8 Å². The van der Waals surface area contributed by atoms with Crippen LogP contribution in [0, 0.1) is 6.92 Å². The van der Waals surface area contributed by atoms with E-state index in [9.17, 15) is 24.3 Å². The van der Waals surface area contributed by atoms with Crippen molar-refractivity contribution in [3.63, 3.8) is 0 Å². The highest BCUT2D eigenvalue weighted by Gasteiger charge is 2.37. The van der Waals surface area contributed by atoms with Crippen molar-refractivity contribution in [2.24, 2.45) is 0 Å². The first kappa shape index (κ1) is 29.9. The van der Waals surface area contributed by atoms with Gasteiger partial charge in [0.1, 0.15) is 17.7 Å². The Labute approximate surface area is 207 Å². The third-order valence-corrected chi connectivity index (χ3v) is 4.84. The molecule has 0 fully saturated rings. The molecule has 0 spiro atoms. The van der Waals surface area contributed by atoms with E-state index >= 15 is 0 Å². The predicted molar refractivity (Wildman–Crippen MR) is 130 cm³/mol. The zero-order valence-electron chi connectivity index (χ0n) is 21.7. The summed E-state index contributed by atoms with van der Waals surface area (Å²) < 4.78 is 10.1. The van der Waals surface area contributed by atoms with E-state index in [0.29, 0.717) is 5.56 Å². The van der Waals surface area contributed by atoms with Crippen LogP contribution in [0.4, 0.5) is 4.79 Å². The van der Waals surface area contributed by atoms with Crippen LogP contribution in [-0.4, -0.2) is 71.3 Å². The fraction of sp³-hybridized carbons (Fsp3) is 0.600. The first-order valence-electron chi connectivity index (χ1n) is 11.7. The van der Waals surface area contributed by atoms with Gasteiger partial charge in [-0.15, -0.1) is 0 Å². The molecule has 10 nitrogen and oxygen atoms in total. The van der Waals surface area contributed by atoms with Crippen molar-refractivity contribution in [2.45, 2.75) is 78.6 Å². The molecule has 10 heteroatoms. The molecule has 0 aliphatic carbocycles.